The molecular formula is C15H18BrNOS. The van der Waals surface area contributed by atoms with Gasteiger partial charge < -0.3 is 10.5 Å². The first-order valence-electron chi connectivity index (χ1n) is 6.32. The molecule has 0 amide bonds. The molecule has 0 saturated carbocycles. The average Bonchev–Trinajstić information content (AvgIpc) is 2.92. The molecule has 2 N–H and O–H groups in total. The largest absolute Gasteiger partial charge is 0.484 e. The van der Waals surface area contributed by atoms with E-state index in [1.807, 2.05) is 25.1 Å². The van der Waals surface area contributed by atoms with Crippen molar-refractivity contribution in [3.63, 3.8) is 0 Å². The van der Waals surface area contributed by atoms with Gasteiger partial charge in [-0.3, -0.25) is 0 Å². The summed E-state index contributed by atoms with van der Waals surface area (Å²) in [5.41, 5.74) is 8.48. The van der Waals surface area contributed by atoms with Crippen LogP contribution in [0.1, 0.15) is 30.6 Å². The van der Waals surface area contributed by atoms with Crippen LogP contribution in [0.25, 0.3) is 0 Å². The second kappa shape index (κ2) is 6.55. The van der Waals surface area contributed by atoms with Gasteiger partial charge in [0.15, 0.2) is 0 Å². The molecule has 0 fully saturated rings. The zero-order valence-electron chi connectivity index (χ0n) is 11.1. The molecule has 0 aliphatic rings. The van der Waals surface area contributed by atoms with Crippen LogP contribution in [0.5, 0.6) is 5.75 Å². The summed E-state index contributed by atoms with van der Waals surface area (Å²) in [6.07, 6.45) is 0.789. The second-order valence-corrected chi connectivity index (χ2v) is 6.27. The fourth-order valence-corrected chi connectivity index (χ4v) is 2.92. The number of aryl methyl sites for hydroxylation is 1. The Kier molecular flexibility index (Phi) is 5.02. The summed E-state index contributed by atoms with van der Waals surface area (Å²) >= 11 is 5.15. The lowest BCUT2D eigenvalue weighted by Crippen LogP contribution is -2.31. The van der Waals surface area contributed by atoms with E-state index < -0.39 is 0 Å². The van der Waals surface area contributed by atoms with Crippen molar-refractivity contribution in [3.8, 4) is 5.75 Å². The summed E-state index contributed by atoms with van der Waals surface area (Å²) in [4.78, 5) is 0. The van der Waals surface area contributed by atoms with Crippen molar-refractivity contribution >= 4 is 27.3 Å². The summed E-state index contributed by atoms with van der Waals surface area (Å²) in [5.74, 6) is 0.884. The first kappa shape index (κ1) is 14.6. The summed E-state index contributed by atoms with van der Waals surface area (Å²) in [5, 5.41) is 4.16. The van der Waals surface area contributed by atoms with E-state index in [4.69, 9.17) is 10.5 Å². The number of benzene rings is 1. The highest BCUT2D eigenvalue weighted by atomic mass is 79.9. The lowest BCUT2D eigenvalue weighted by molar-refractivity contribution is 0.170. The molecule has 0 aliphatic heterocycles. The number of hydrogen-bond donors (Lipinski definition) is 1. The van der Waals surface area contributed by atoms with Gasteiger partial charge in [0, 0.05) is 16.1 Å². The highest BCUT2D eigenvalue weighted by Crippen LogP contribution is 2.30. The second-order valence-electron chi connectivity index (χ2n) is 4.58. The van der Waals surface area contributed by atoms with E-state index in [1.165, 1.54) is 0 Å². The van der Waals surface area contributed by atoms with Gasteiger partial charge in [-0.25, -0.2) is 0 Å². The Morgan fingerprint density at radius 1 is 1.37 bits per heavy atom. The maximum absolute atomic E-state index is 6.21. The van der Waals surface area contributed by atoms with Crippen molar-refractivity contribution in [2.45, 2.75) is 32.4 Å². The van der Waals surface area contributed by atoms with Gasteiger partial charge in [-0.1, -0.05) is 28.9 Å². The molecule has 1 aromatic heterocycles. The molecule has 2 atom stereocenters. The Bertz CT molecular complexity index is 527. The monoisotopic (exact) mass is 339 g/mol. The van der Waals surface area contributed by atoms with Crippen molar-refractivity contribution in [2.75, 3.05) is 0 Å². The Balaban J connectivity index is 2.28. The van der Waals surface area contributed by atoms with Crippen molar-refractivity contribution in [2.24, 2.45) is 5.73 Å². The standard InChI is InChI=1S/C15H18BrNOS/c1-3-13(17)15(11-6-7-19-9-11)18-14-8-12(16)5-4-10(14)2/h4-9,13,15H,3,17H2,1-2H3. The SMILES string of the molecule is CCC(N)C(Oc1cc(Br)ccc1C)c1ccsc1. The summed E-state index contributed by atoms with van der Waals surface area (Å²) in [6, 6.07) is 8.13. The van der Waals surface area contributed by atoms with Crippen molar-refractivity contribution in [3.05, 3.63) is 50.6 Å². The number of ether oxygens (including phenoxy) is 1. The van der Waals surface area contributed by atoms with Crippen LogP contribution in [0.4, 0.5) is 0 Å². The van der Waals surface area contributed by atoms with Crippen LogP contribution in [-0.4, -0.2) is 6.04 Å². The Labute approximate surface area is 126 Å². The molecule has 2 aromatic rings. The maximum Gasteiger partial charge on any atom is 0.140 e. The minimum absolute atomic E-state index is 0.00650. The molecule has 0 aliphatic carbocycles. The minimum atomic E-state index is -0.0933. The van der Waals surface area contributed by atoms with E-state index in [1.54, 1.807) is 11.3 Å². The molecule has 0 spiro atoms. The van der Waals surface area contributed by atoms with Crippen LogP contribution >= 0.6 is 27.3 Å². The van der Waals surface area contributed by atoms with E-state index in [0.717, 1.165) is 27.8 Å². The minimum Gasteiger partial charge on any atom is -0.484 e. The van der Waals surface area contributed by atoms with E-state index in [0.29, 0.717) is 0 Å². The van der Waals surface area contributed by atoms with Crippen molar-refractivity contribution in [1.29, 1.82) is 0 Å². The van der Waals surface area contributed by atoms with Crippen LogP contribution in [0, 0.1) is 6.92 Å². The van der Waals surface area contributed by atoms with Gasteiger partial charge in [-0.05, 0) is 47.9 Å². The Morgan fingerprint density at radius 2 is 2.16 bits per heavy atom. The third-order valence-corrected chi connectivity index (χ3v) is 4.33. The van der Waals surface area contributed by atoms with Gasteiger partial charge in [0.05, 0.1) is 0 Å². The Hall–Kier alpha value is -0.840. The van der Waals surface area contributed by atoms with Crippen LogP contribution < -0.4 is 10.5 Å². The first-order valence-corrected chi connectivity index (χ1v) is 8.06. The molecule has 0 saturated heterocycles. The zero-order valence-corrected chi connectivity index (χ0v) is 13.5. The molecule has 2 rings (SSSR count). The average molecular weight is 340 g/mol. The summed E-state index contributed by atoms with van der Waals surface area (Å²) < 4.78 is 7.19. The molecule has 102 valence electrons. The number of thiophene rings is 1. The highest BCUT2D eigenvalue weighted by Gasteiger charge is 2.21. The van der Waals surface area contributed by atoms with Crippen LogP contribution in [0.15, 0.2) is 39.5 Å². The number of nitrogens with two attached hydrogens (primary N) is 1. The third-order valence-electron chi connectivity index (χ3n) is 3.14. The Morgan fingerprint density at radius 3 is 2.79 bits per heavy atom. The molecule has 1 aromatic carbocycles. The van der Waals surface area contributed by atoms with Gasteiger partial charge in [-0.15, -0.1) is 0 Å². The van der Waals surface area contributed by atoms with E-state index in [9.17, 15) is 0 Å². The van der Waals surface area contributed by atoms with Crippen molar-refractivity contribution in [1.82, 2.24) is 0 Å². The molecular weight excluding hydrogens is 322 g/mol. The van der Waals surface area contributed by atoms with Gasteiger partial charge in [0.2, 0.25) is 0 Å². The molecule has 1 heterocycles. The third kappa shape index (κ3) is 3.59. The lowest BCUT2D eigenvalue weighted by atomic mass is 10.0. The van der Waals surface area contributed by atoms with E-state index in [-0.39, 0.29) is 12.1 Å². The van der Waals surface area contributed by atoms with Gasteiger partial charge in [-0.2, -0.15) is 11.3 Å². The highest BCUT2D eigenvalue weighted by molar-refractivity contribution is 9.10. The smallest absolute Gasteiger partial charge is 0.140 e. The first-order chi connectivity index (χ1) is 9.11. The molecule has 0 radical (unpaired) electrons. The van der Waals surface area contributed by atoms with Crippen LogP contribution in [0.2, 0.25) is 0 Å². The molecule has 2 unspecified atom stereocenters. The van der Waals surface area contributed by atoms with Gasteiger partial charge in [0.1, 0.15) is 11.9 Å². The van der Waals surface area contributed by atoms with E-state index >= 15 is 0 Å². The summed E-state index contributed by atoms with van der Waals surface area (Å²) in [7, 11) is 0. The zero-order chi connectivity index (χ0) is 13.8. The predicted octanol–water partition coefficient (Wildman–Crippen LogP) is 4.68. The fraction of sp³-hybridized carbons (Fsp3) is 0.333. The molecule has 0 bridgehead atoms. The van der Waals surface area contributed by atoms with Crippen molar-refractivity contribution < 1.29 is 4.74 Å². The predicted molar refractivity (Wildman–Crippen MR) is 84.8 cm³/mol. The number of hydrogen-bond acceptors (Lipinski definition) is 3. The number of halogens is 1. The molecule has 2 nitrogen and oxygen atoms in total. The summed E-state index contributed by atoms with van der Waals surface area (Å²) in [6.45, 7) is 4.13. The number of rotatable bonds is 5. The lowest BCUT2D eigenvalue weighted by Gasteiger charge is -2.24. The fourth-order valence-electron chi connectivity index (χ4n) is 1.89. The maximum atomic E-state index is 6.21. The van der Waals surface area contributed by atoms with Crippen LogP contribution in [-0.2, 0) is 0 Å². The van der Waals surface area contributed by atoms with Gasteiger partial charge in [0.25, 0.3) is 0 Å². The quantitative estimate of drug-likeness (QED) is 0.858. The van der Waals surface area contributed by atoms with Gasteiger partial charge >= 0.3 is 0 Å². The molecule has 4 heteroatoms. The van der Waals surface area contributed by atoms with Crippen LogP contribution in [0.3, 0.4) is 0 Å². The molecule has 19 heavy (non-hydrogen) atoms. The normalized spacial score (nSPS) is 14.1. The van der Waals surface area contributed by atoms with E-state index in [2.05, 4.69) is 39.7 Å². The topological polar surface area (TPSA) is 35.2 Å².